The quantitative estimate of drug-likeness (QED) is 0.820. The summed E-state index contributed by atoms with van der Waals surface area (Å²) in [7, 11) is 0. The van der Waals surface area contributed by atoms with Crippen LogP contribution in [-0.4, -0.2) is 34.7 Å². The number of carbonyl (C=O) groups is 1. The molecule has 25 heavy (non-hydrogen) atoms. The summed E-state index contributed by atoms with van der Waals surface area (Å²) in [6.07, 6.45) is 1.22. The molecular weight excluding hydrogens is 342 g/mol. The number of aryl methyl sites for hydroxylation is 1. The Hall–Kier alpha value is -2.87. The number of amides is 1. The number of hydrogen-bond donors (Lipinski definition) is 2. The molecule has 7 nitrogen and oxygen atoms in total. The van der Waals surface area contributed by atoms with Gasteiger partial charge in [-0.05, 0) is 25.1 Å². The minimum atomic E-state index is -0.675. The van der Waals surface area contributed by atoms with Crippen LogP contribution in [0.15, 0.2) is 49.5 Å². The van der Waals surface area contributed by atoms with Gasteiger partial charge < -0.3 is 14.8 Å². The topological polar surface area (TPSA) is 104 Å². The summed E-state index contributed by atoms with van der Waals surface area (Å²) < 4.78 is 4.93. The van der Waals surface area contributed by atoms with Crippen molar-refractivity contribution < 1.29 is 14.3 Å². The van der Waals surface area contributed by atoms with Gasteiger partial charge in [0.1, 0.15) is 17.1 Å². The highest BCUT2D eigenvalue weighted by molar-refractivity contribution is 8.14. The van der Waals surface area contributed by atoms with Crippen LogP contribution in [0.5, 0.6) is 5.75 Å². The first-order valence-corrected chi connectivity index (χ1v) is 8.48. The first-order valence-electron chi connectivity index (χ1n) is 7.49. The summed E-state index contributed by atoms with van der Waals surface area (Å²) in [5.74, 6) is 0.694. The third-order valence-electron chi connectivity index (χ3n) is 3.35. The lowest BCUT2D eigenvalue weighted by molar-refractivity contribution is 0.0978. The van der Waals surface area contributed by atoms with Crippen molar-refractivity contribution >= 4 is 34.7 Å². The molecule has 0 fully saturated rings. The summed E-state index contributed by atoms with van der Waals surface area (Å²) in [5.41, 5.74) is 0.168. The van der Waals surface area contributed by atoms with Gasteiger partial charge in [0.15, 0.2) is 5.17 Å². The molecule has 0 unspecified atom stereocenters. The normalized spacial score (nSPS) is 13.9. The van der Waals surface area contributed by atoms with Gasteiger partial charge in [0.25, 0.3) is 5.91 Å². The van der Waals surface area contributed by atoms with Gasteiger partial charge >= 0.3 is 5.63 Å². The van der Waals surface area contributed by atoms with Crippen LogP contribution in [0.1, 0.15) is 21.7 Å². The van der Waals surface area contributed by atoms with Crippen LogP contribution in [0.2, 0.25) is 0 Å². The van der Waals surface area contributed by atoms with E-state index in [1.54, 1.807) is 31.2 Å². The highest BCUT2D eigenvalue weighted by atomic mass is 32.2. The van der Waals surface area contributed by atoms with E-state index in [9.17, 15) is 14.7 Å². The molecule has 0 radical (unpaired) electrons. The number of hydrogen-bond acceptors (Lipinski definition) is 7. The van der Waals surface area contributed by atoms with Crippen molar-refractivity contribution in [2.45, 2.75) is 6.92 Å². The highest BCUT2D eigenvalue weighted by Crippen LogP contribution is 2.17. The Labute approximate surface area is 147 Å². The molecule has 2 aromatic rings. The van der Waals surface area contributed by atoms with Crippen LogP contribution in [-0.2, 0) is 0 Å². The first kappa shape index (κ1) is 17.0. The summed E-state index contributed by atoms with van der Waals surface area (Å²) in [6, 6.07) is 7.95. The Morgan fingerprint density at radius 3 is 3.00 bits per heavy atom. The summed E-state index contributed by atoms with van der Waals surface area (Å²) in [4.78, 5) is 32.3. The van der Waals surface area contributed by atoms with Gasteiger partial charge in [-0.1, -0.05) is 17.8 Å². The van der Waals surface area contributed by atoms with Crippen molar-refractivity contribution in [3.8, 4) is 5.75 Å². The van der Waals surface area contributed by atoms with Gasteiger partial charge in [0.05, 0.1) is 12.2 Å². The van der Waals surface area contributed by atoms with Crippen molar-refractivity contribution in [2.75, 3.05) is 12.3 Å². The van der Waals surface area contributed by atoms with Crippen LogP contribution in [0.3, 0.4) is 0 Å². The third-order valence-corrected chi connectivity index (χ3v) is 4.24. The molecule has 0 aliphatic carbocycles. The molecule has 8 heteroatoms. The van der Waals surface area contributed by atoms with Gasteiger partial charge in [0.2, 0.25) is 0 Å². The van der Waals surface area contributed by atoms with E-state index >= 15 is 0 Å². The second kappa shape index (κ2) is 7.35. The minimum Gasteiger partial charge on any atom is -0.507 e. The number of carbonyl (C=O) groups excluding carboxylic acids is 1. The number of nitrogens with one attached hydrogen (secondary N) is 1. The maximum atomic E-state index is 12.2. The zero-order valence-electron chi connectivity index (χ0n) is 13.4. The SMILES string of the molecule is Cc1cc(O)c(C=Nc2cccc(C(=O)NC3=NCCS3)c2)c(=O)o1. The largest absolute Gasteiger partial charge is 0.507 e. The number of amidine groups is 1. The number of aliphatic imine (C=N–C) groups is 2. The molecule has 0 saturated carbocycles. The number of benzene rings is 1. The summed E-state index contributed by atoms with van der Waals surface area (Å²) in [5, 5.41) is 13.2. The summed E-state index contributed by atoms with van der Waals surface area (Å²) in [6.45, 7) is 2.27. The van der Waals surface area contributed by atoms with Gasteiger partial charge in [-0.25, -0.2) is 4.79 Å². The van der Waals surface area contributed by atoms with E-state index in [1.165, 1.54) is 24.0 Å². The molecule has 2 N–H and O–H groups in total. The van der Waals surface area contributed by atoms with Gasteiger partial charge in [-0.2, -0.15) is 0 Å². The Kier molecular flexibility index (Phi) is 4.99. The molecule has 2 heterocycles. The number of aromatic hydroxyl groups is 1. The molecule has 1 aliphatic rings. The maximum absolute atomic E-state index is 12.2. The van der Waals surface area contributed by atoms with E-state index in [0.29, 0.717) is 28.7 Å². The van der Waals surface area contributed by atoms with Crippen molar-refractivity contribution in [1.29, 1.82) is 0 Å². The average Bonchev–Trinajstić information content (AvgIpc) is 3.07. The van der Waals surface area contributed by atoms with Crippen molar-refractivity contribution in [1.82, 2.24) is 5.32 Å². The fraction of sp³-hybridized carbons (Fsp3) is 0.176. The molecule has 1 aromatic carbocycles. The second-order valence-electron chi connectivity index (χ2n) is 5.24. The van der Waals surface area contributed by atoms with Gasteiger partial charge in [0, 0.05) is 23.6 Å². The minimum absolute atomic E-state index is 0.0443. The Morgan fingerprint density at radius 1 is 1.44 bits per heavy atom. The van der Waals surface area contributed by atoms with Crippen LogP contribution in [0.25, 0.3) is 0 Å². The zero-order valence-corrected chi connectivity index (χ0v) is 14.2. The third kappa shape index (κ3) is 4.16. The molecule has 128 valence electrons. The molecule has 1 aliphatic heterocycles. The fourth-order valence-corrected chi connectivity index (χ4v) is 2.89. The average molecular weight is 357 g/mol. The Morgan fingerprint density at radius 2 is 2.28 bits per heavy atom. The lowest BCUT2D eigenvalue weighted by atomic mass is 10.2. The van der Waals surface area contributed by atoms with Crippen LogP contribution in [0, 0.1) is 6.92 Å². The second-order valence-corrected chi connectivity index (χ2v) is 6.33. The molecule has 0 bridgehead atoms. The lowest BCUT2D eigenvalue weighted by Gasteiger charge is -2.04. The monoisotopic (exact) mass is 357 g/mol. The Balaban J connectivity index is 1.80. The highest BCUT2D eigenvalue weighted by Gasteiger charge is 2.13. The van der Waals surface area contributed by atoms with E-state index in [0.717, 1.165) is 5.75 Å². The van der Waals surface area contributed by atoms with Crippen LogP contribution >= 0.6 is 11.8 Å². The molecule has 3 rings (SSSR count). The molecule has 1 amide bonds. The predicted octanol–water partition coefficient (Wildman–Crippen LogP) is 2.24. The lowest BCUT2D eigenvalue weighted by Crippen LogP contribution is -2.27. The van der Waals surface area contributed by atoms with E-state index in [1.807, 2.05) is 0 Å². The smallest absolute Gasteiger partial charge is 0.348 e. The van der Waals surface area contributed by atoms with Crippen molar-refractivity contribution in [3.63, 3.8) is 0 Å². The zero-order chi connectivity index (χ0) is 17.8. The summed E-state index contributed by atoms with van der Waals surface area (Å²) >= 11 is 1.50. The van der Waals surface area contributed by atoms with Gasteiger partial charge in [-0.3, -0.25) is 14.8 Å². The molecular formula is C17H15N3O4S. The maximum Gasteiger partial charge on any atom is 0.348 e. The Bertz CT molecular complexity index is 934. The predicted molar refractivity (Wildman–Crippen MR) is 97.3 cm³/mol. The van der Waals surface area contributed by atoms with E-state index < -0.39 is 5.63 Å². The van der Waals surface area contributed by atoms with Crippen LogP contribution < -0.4 is 10.9 Å². The fourth-order valence-electron chi connectivity index (χ4n) is 2.17. The van der Waals surface area contributed by atoms with Crippen LogP contribution in [0.4, 0.5) is 5.69 Å². The van der Waals surface area contributed by atoms with Crippen molar-refractivity contribution in [2.24, 2.45) is 9.98 Å². The number of rotatable bonds is 3. The van der Waals surface area contributed by atoms with E-state index in [2.05, 4.69) is 15.3 Å². The molecule has 0 spiro atoms. The van der Waals surface area contributed by atoms with E-state index in [-0.39, 0.29) is 17.2 Å². The molecule has 1 aromatic heterocycles. The first-order chi connectivity index (χ1) is 12.0. The van der Waals surface area contributed by atoms with Crippen molar-refractivity contribution in [3.05, 3.63) is 57.6 Å². The molecule has 0 atom stereocenters. The number of thioether (sulfide) groups is 1. The van der Waals surface area contributed by atoms with Gasteiger partial charge in [-0.15, -0.1) is 0 Å². The standard InChI is InChI=1S/C17H15N3O4S/c1-10-7-14(21)13(16(23)24-10)9-19-12-4-2-3-11(8-12)15(22)20-17-18-5-6-25-17/h2-4,7-9,21H,5-6H2,1H3,(H,18,20,22). The number of nitrogens with zero attached hydrogens (tertiary/aromatic N) is 2. The van der Waals surface area contributed by atoms with E-state index in [4.69, 9.17) is 4.42 Å². The molecule has 0 saturated heterocycles.